The number of carbonyl (C=O) groups is 2. The molecule has 72 heavy (non-hydrogen) atoms. The molecule has 0 fully saturated rings. The summed E-state index contributed by atoms with van der Waals surface area (Å²) in [5.41, 5.74) is 0. The molecule has 424 valence electrons. The zero-order valence-electron chi connectivity index (χ0n) is 48.4. The van der Waals surface area contributed by atoms with Crippen molar-refractivity contribution in [3.8, 4) is 0 Å². The third-order valence-electron chi connectivity index (χ3n) is 14.9. The van der Waals surface area contributed by atoms with Crippen molar-refractivity contribution in [2.75, 3.05) is 13.2 Å². The van der Waals surface area contributed by atoms with Gasteiger partial charge < -0.3 is 20.3 Å². The van der Waals surface area contributed by atoms with Crippen molar-refractivity contribution in [2.45, 2.75) is 360 Å². The molecule has 0 rings (SSSR count). The fourth-order valence-electron chi connectivity index (χ4n) is 9.96. The number of carbonyl (C=O) groups excluding carboxylic acids is 2. The summed E-state index contributed by atoms with van der Waals surface area (Å²) in [7, 11) is 0. The first-order chi connectivity index (χ1) is 35.5. The van der Waals surface area contributed by atoms with Crippen LogP contribution in [0.4, 0.5) is 0 Å². The van der Waals surface area contributed by atoms with Crippen molar-refractivity contribution in [1.29, 1.82) is 0 Å². The molecule has 0 aromatic heterocycles. The highest BCUT2D eigenvalue weighted by molar-refractivity contribution is 5.76. The van der Waals surface area contributed by atoms with Gasteiger partial charge in [-0.15, -0.1) is 0 Å². The first-order valence-electron chi connectivity index (χ1n) is 32.2. The maximum absolute atomic E-state index is 12.5. The second-order valence-electron chi connectivity index (χ2n) is 22.1. The van der Waals surface area contributed by atoms with Gasteiger partial charge in [0.15, 0.2) is 0 Å². The van der Waals surface area contributed by atoms with Gasteiger partial charge in [-0.2, -0.15) is 0 Å². The lowest BCUT2D eigenvalue weighted by Gasteiger charge is -2.22. The molecule has 0 aromatic carbocycles. The smallest absolute Gasteiger partial charge is 0.305 e. The van der Waals surface area contributed by atoms with E-state index in [4.69, 9.17) is 4.74 Å². The molecule has 0 saturated carbocycles. The maximum atomic E-state index is 12.5. The van der Waals surface area contributed by atoms with Crippen LogP contribution < -0.4 is 5.32 Å². The lowest BCUT2D eigenvalue weighted by Crippen LogP contribution is -2.45. The minimum atomic E-state index is -0.674. The average molecular weight is 1010 g/mol. The Morgan fingerprint density at radius 2 is 0.694 bits per heavy atom. The van der Waals surface area contributed by atoms with Crippen molar-refractivity contribution in [3.63, 3.8) is 0 Å². The van der Waals surface area contributed by atoms with Gasteiger partial charge in [0.2, 0.25) is 5.91 Å². The number of aliphatic hydroxyl groups is 2. The van der Waals surface area contributed by atoms with Gasteiger partial charge in [-0.05, 0) is 83.5 Å². The lowest BCUT2D eigenvalue weighted by atomic mass is 10.0. The van der Waals surface area contributed by atoms with E-state index in [9.17, 15) is 19.8 Å². The van der Waals surface area contributed by atoms with E-state index in [1.165, 1.54) is 250 Å². The molecule has 3 N–H and O–H groups in total. The number of aliphatic hydroxyl groups excluding tert-OH is 2. The van der Waals surface area contributed by atoms with Gasteiger partial charge in [0.1, 0.15) is 0 Å². The normalized spacial score (nSPS) is 12.8. The fraction of sp³-hybridized carbons (Fsp3) is 0.879. The van der Waals surface area contributed by atoms with Crippen LogP contribution in [0.2, 0.25) is 0 Å². The van der Waals surface area contributed by atoms with Gasteiger partial charge >= 0.3 is 5.97 Å². The molecule has 6 nitrogen and oxygen atoms in total. The van der Waals surface area contributed by atoms with Gasteiger partial charge in [0, 0.05) is 12.8 Å². The molecule has 0 bridgehead atoms. The number of allylic oxidation sites excluding steroid dienone is 6. The minimum absolute atomic E-state index is 0.00506. The topological polar surface area (TPSA) is 95.9 Å². The van der Waals surface area contributed by atoms with Gasteiger partial charge in [-0.3, -0.25) is 9.59 Å². The summed E-state index contributed by atoms with van der Waals surface area (Å²) in [5, 5.41) is 23.4. The lowest BCUT2D eigenvalue weighted by molar-refractivity contribution is -0.143. The van der Waals surface area contributed by atoms with Crippen LogP contribution >= 0.6 is 0 Å². The van der Waals surface area contributed by atoms with Crippen LogP contribution in [0.5, 0.6) is 0 Å². The average Bonchev–Trinajstić information content (AvgIpc) is 3.38. The van der Waals surface area contributed by atoms with E-state index >= 15 is 0 Å². The standard InChI is InChI=1S/C66H125NO5/c1-3-5-7-9-11-13-15-17-19-21-23-26-30-34-38-42-46-50-54-58-64(69)63(62-68)67-65(70)59-55-51-47-43-39-35-31-27-25-29-33-37-41-45-49-53-57-61-72-66(71)60-56-52-48-44-40-36-32-28-24-22-20-18-16-14-12-10-8-6-4-2/h12,14,18,20,25,29,63-64,68-69H,3-11,13,15-17,19,21-24,26-28,30-62H2,1-2H3,(H,67,70)/b14-12-,20-18-,29-25-. The molecule has 2 unspecified atom stereocenters. The third-order valence-corrected chi connectivity index (χ3v) is 14.9. The zero-order chi connectivity index (χ0) is 52.2. The molecule has 1 amide bonds. The summed E-state index contributed by atoms with van der Waals surface area (Å²) in [6, 6.07) is -0.552. The van der Waals surface area contributed by atoms with Crippen LogP contribution in [-0.2, 0) is 14.3 Å². The number of hydrogen-bond donors (Lipinski definition) is 3. The van der Waals surface area contributed by atoms with Crippen molar-refractivity contribution in [3.05, 3.63) is 36.5 Å². The predicted octanol–water partition coefficient (Wildman–Crippen LogP) is 20.4. The van der Waals surface area contributed by atoms with E-state index in [1.807, 2.05) is 0 Å². The Hall–Kier alpha value is -1.92. The number of nitrogens with one attached hydrogen (secondary N) is 1. The van der Waals surface area contributed by atoms with Crippen molar-refractivity contribution in [2.24, 2.45) is 0 Å². The van der Waals surface area contributed by atoms with Crippen LogP contribution in [0.25, 0.3) is 0 Å². The molecule has 0 aliphatic heterocycles. The first-order valence-corrected chi connectivity index (χ1v) is 32.2. The molecule has 2 atom stereocenters. The second-order valence-corrected chi connectivity index (χ2v) is 22.1. The first kappa shape index (κ1) is 70.1. The Balaban J connectivity index is 3.44. The van der Waals surface area contributed by atoms with Crippen molar-refractivity contribution < 1.29 is 24.5 Å². The summed E-state index contributed by atoms with van der Waals surface area (Å²) >= 11 is 0. The molecule has 0 saturated heterocycles. The Morgan fingerprint density at radius 3 is 1.10 bits per heavy atom. The zero-order valence-corrected chi connectivity index (χ0v) is 48.4. The number of unbranched alkanes of at least 4 members (excludes halogenated alkanes) is 43. The minimum Gasteiger partial charge on any atom is -0.466 e. The van der Waals surface area contributed by atoms with Crippen LogP contribution in [0.1, 0.15) is 348 Å². The van der Waals surface area contributed by atoms with Crippen LogP contribution in [-0.4, -0.2) is 47.4 Å². The Kier molecular flexibility index (Phi) is 60.0. The molecular formula is C66H125NO5. The van der Waals surface area contributed by atoms with Gasteiger partial charge in [0.05, 0.1) is 25.4 Å². The Morgan fingerprint density at radius 1 is 0.389 bits per heavy atom. The molecule has 0 aromatic rings. The molecule has 0 heterocycles. The summed E-state index contributed by atoms with van der Waals surface area (Å²) in [6.45, 7) is 4.93. The number of ether oxygens (including phenoxy) is 1. The summed E-state index contributed by atoms with van der Waals surface area (Å²) in [5.74, 6) is -0.0496. The highest BCUT2D eigenvalue weighted by Gasteiger charge is 2.20. The van der Waals surface area contributed by atoms with E-state index in [0.29, 0.717) is 25.9 Å². The highest BCUT2D eigenvalue weighted by Crippen LogP contribution is 2.18. The summed E-state index contributed by atoms with van der Waals surface area (Å²) in [6.07, 6.45) is 77.2. The molecule has 0 aliphatic carbocycles. The Labute approximate surface area is 449 Å². The van der Waals surface area contributed by atoms with E-state index in [0.717, 1.165) is 64.2 Å². The predicted molar refractivity (Wildman–Crippen MR) is 315 cm³/mol. The van der Waals surface area contributed by atoms with E-state index in [-0.39, 0.29) is 18.5 Å². The number of rotatable bonds is 60. The second kappa shape index (κ2) is 61.6. The Bertz CT molecular complexity index is 1170. The van der Waals surface area contributed by atoms with Crippen LogP contribution in [0.15, 0.2) is 36.5 Å². The molecular weight excluding hydrogens is 887 g/mol. The van der Waals surface area contributed by atoms with E-state index in [1.54, 1.807) is 0 Å². The third kappa shape index (κ3) is 57.4. The largest absolute Gasteiger partial charge is 0.466 e. The monoisotopic (exact) mass is 1010 g/mol. The number of amides is 1. The fourth-order valence-corrected chi connectivity index (χ4v) is 9.96. The molecule has 0 spiro atoms. The quantitative estimate of drug-likeness (QED) is 0.0320. The van der Waals surface area contributed by atoms with Crippen LogP contribution in [0.3, 0.4) is 0 Å². The van der Waals surface area contributed by atoms with Crippen molar-refractivity contribution in [1.82, 2.24) is 5.32 Å². The molecule has 0 radical (unpaired) electrons. The van der Waals surface area contributed by atoms with E-state index in [2.05, 4.69) is 55.6 Å². The molecule has 6 heteroatoms. The number of esters is 1. The maximum Gasteiger partial charge on any atom is 0.305 e. The van der Waals surface area contributed by atoms with Gasteiger partial charge in [0.25, 0.3) is 0 Å². The van der Waals surface area contributed by atoms with Gasteiger partial charge in [-0.25, -0.2) is 0 Å². The highest BCUT2D eigenvalue weighted by atomic mass is 16.5. The summed E-state index contributed by atoms with van der Waals surface area (Å²) < 4.78 is 5.49. The number of hydrogen-bond acceptors (Lipinski definition) is 5. The van der Waals surface area contributed by atoms with Crippen LogP contribution in [0, 0.1) is 0 Å². The SMILES string of the molecule is CCCCC/C=C\C/C=C\CCCCCCCCCCCC(=O)OCCCCCCCC/C=C\CCCCCCCCCC(=O)NC(CO)C(O)CCCCCCCCCCCCCCCCCCCCC. The molecule has 0 aliphatic rings. The van der Waals surface area contributed by atoms with Gasteiger partial charge in [-0.1, -0.05) is 288 Å². The van der Waals surface area contributed by atoms with E-state index < -0.39 is 12.1 Å². The summed E-state index contributed by atoms with van der Waals surface area (Å²) in [4.78, 5) is 24.6. The van der Waals surface area contributed by atoms with Crippen molar-refractivity contribution >= 4 is 11.9 Å².